The van der Waals surface area contributed by atoms with Crippen molar-refractivity contribution >= 4 is 0 Å². The van der Waals surface area contributed by atoms with Crippen molar-refractivity contribution in [2.45, 2.75) is 114 Å². The van der Waals surface area contributed by atoms with E-state index in [1.165, 1.54) is 44.2 Å². The van der Waals surface area contributed by atoms with Crippen LogP contribution >= 0.6 is 0 Å². The number of pyridine rings is 2. The van der Waals surface area contributed by atoms with E-state index in [9.17, 15) is 9.59 Å². The first-order valence-corrected chi connectivity index (χ1v) is 14.8. The zero-order chi connectivity index (χ0) is 29.4. The molecule has 1 aliphatic heterocycles. The molecule has 0 atom stereocenters. The Hall–Kier alpha value is -2.66. The van der Waals surface area contributed by atoms with Crippen molar-refractivity contribution < 1.29 is 0 Å². The molecule has 0 radical (unpaired) electrons. The van der Waals surface area contributed by atoms with Gasteiger partial charge in [-0.05, 0) is 75.8 Å². The molecule has 4 rings (SSSR count). The van der Waals surface area contributed by atoms with Gasteiger partial charge in [-0.1, -0.05) is 85.8 Å². The summed E-state index contributed by atoms with van der Waals surface area (Å²) in [6, 6.07) is 7.06. The summed E-state index contributed by atoms with van der Waals surface area (Å²) in [5.74, 6) is 2.04. The molecule has 0 fully saturated rings. The Balaban J connectivity index is 0. The highest BCUT2D eigenvalue weighted by atomic mass is 16.1. The van der Waals surface area contributed by atoms with Crippen molar-refractivity contribution in [1.82, 2.24) is 14.5 Å². The Morgan fingerprint density at radius 3 is 1.68 bits per heavy atom. The van der Waals surface area contributed by atoms with Crippen molar-refractivity contribution in [1.29, 1.82) is 0 Å². The Kier molecular flexibility index (Phi) is 21.7. The second-order valence-electron chi connectivity index (χ2n) is 11.7. The summed E-state index contributed by atoms with van der Waals surface area (Å²) in [5, 5.41) is 3.29. The van der Waals surface area contributed by atoms with Gasteiger partial charge >= 0.3 is 0 Å². The van der Waals surface area contributed by atoms with Crippen LogP contribution in [0.25, 0.3) is 0 Å². The predicted octanol–water partition coefficient (Wildman–Crippen LogP) is 8.92. The molecule has 0 unspecified atom stereocenters. The van der Waals surface area contributed by atoms with Gasteiger partial charge in [-0.2, -0.15) is 0 Å². The van der Waals surface area contributed by atoms with E-state index in [0.717, 1.165) is 18.4 Å². The van der Waals surface area contributed by atoms with Gasteiger partial charge in [0.15, 0.2) is 5.43 Å². The lowest BCUT2D eigenvalue weighted by Crippen LogP contribution is -2.21. The second-order valence-corrected chi connectivity index (χ2v) is 11.7. The third-order valence-electron chi connectivity index (χ3n) is 7.10. The van der Waals surface area contributed by atoms with Gasteiger partial charge in [-0.3, -0.25) is 9.59 Å². The van der Waals surface area contributed by atoms with Gasteiger partial charge in [0, 0.05) is 56.4 Å². The number of aromatic nitrogens is 2. The van der Waals surface area contributed by atoms with E-state index in [1.807, 2.05) is 16.8 Å². The molecule has 0 amide bonds. The molecule has 2 aromatic rings. The number of nitrogens with one attached hydrogen (secondary N) is 1. The highest BCUT2D eigenvalue weighted by Crippen LogP contribution is 2.23. The quantitative estimate of drug-likeness (QED) is 0.374. The molecule has 5 nitrogen and oxygen atoms in total. The largest absolute Gasteiger partial charge is 0.352 e. The van der Waals surface area contributed by atoms with Gasteiger partial charge in [-0.25, -0.2) is 0 Å². The topological polar surface area (TPSA) is 56.0 Å². The molecule has 234 valence electrons. The zero-order valence-corrected chi connectivity index (χ0v) is 26.2. The summed E-state index contributed by atoms with van der Waals surface area (Å²) in [5.41, 5.74) is 4.62. The first kappa shape index (κ1) is 40.5. The molecule has 0 saturated carbocycles. The Morgan fingerprint density at radius 1 is 0.732 bits per heavy atom. The molecule has 1 N–H and O–H groups in total. The van der Waals surface area contributed by atoms with Crippen LogP contribution in [0.15, 0.2) is 75.7 Å². The average Bonchev–Trinajstić information content (AvgIpc) is 2.92. The molecule has 0 spiro atoms. The van der Waals surface area contributed by atoms with Gasteiger partial charge in [0.05, 0.1) is 0 Å². The SMILES string of the molecule is C.C.CC(C)C1=CCCCC1.CC(C)C1=CCNCC1.CC(C)c1ccc(=O)n(C)c1.CC(C)n1ccc(=O)cc1. The van der Waals surface area contributed by atoms with E-state index in [2.05, 4.69) is 72.9 Å². The van der Waals surface area contributed by atoms with Gasteiger partial charge in [0.25, 0.3) is 0 Å². The Bertz CT molecular complexity index is 1080. The van der Waals surface area contributed by atoms with E-state index in [4.69, 9.17) is 0 Å². The minimum Gasteiger partial charge on any atom is -0.352 e. The van der Waals surface area contributed by atoms with Crippen molar-refractivity contribution in [3.8, 4) is 0 Å². The Labute approximate surface area is 252 Å². The summed E-state index contributed by atoms with van der Waals surface area (Å²) >= 11 is 0. The van der Waals surface area contributed by atoms with Crippen LogP contribution < -0.4 is 16.3 Å². The third-order valence-corrected chi connectivity index (χ3v) is 7.10. The first-order chi connectivity index (χ1) is 18.4. The minimum atomic E-state index is 0. The molecule has 0 saturated heterocycles. The third kappa shape index (κ3) is 17.0. The molecule has 1 aliphatic carbocycles. The molecule has 5 heteroatoms. The summed E-state index contributed by atoms with van der Waals surface area (Å²) in [4.78, 5) is 21.6. The van der Waals surface area contributed by atoms with Crippen LogP contribution in [0.5, 0.6) is 0 Å². The van der Waals surface area contributed by atoms with Gasteiger partial charge in [0.2, 0.25) is 5.56 Å². The maximum atomic E-state index is 11.0. The van der Waals surface area contributed by atoms with Crippen LogP contribution in [0.1, 0.15) is 120 Å². The van der Waals surface area contributed by atoms with E-state index in [-0.39, 0.29) is 25.8 Å². The molecule has 41 heavy (non-hydrogen) atoms. The van der Waals surface area contributed by atoms with Crippen LogP contribution in [0.2, 0.25) is 0 Å². The number of rotatable bonds is 4. The standard InChI is InChI=1S/C9H13NO.C9H16.C8H11NO.C8H15N.2CH4/c1-7(2)8-4-5-9(11)10(3)6-8;1-8(2)9-6-4-3-5-7-9;1-7(2)9-5-3-8(10)4-6-9;1-7(2)8-3-5-9-6-4-8;;/h4-7H,1-3H3;6,8H,3-5,7H2,1-2H3;3-7H,1-2H3;3,7,9H,4-6H2,1-2H3;2*1H4. The second kappa shape index (κ2) is 22.0. The number of hydrogen-bond donors (Lipinski definition) is 1. The van der Waals surface area contributed by atoms with Gasteiger partial charge in [0.1, 0.15) is 0 Å². The summed E-state index contributed by atoms with van der Waals surface area (Å²) < 4.78 is 3.59. The van der Waals surface area contributed by atoms with E-state index in [0.29, 0.717) is 12.0 Å². The van der Waals surface area contributed by atoms with E-state index < -0.39 is 0 Å². The highest BCUT2D eigenvalue weighted by molar-refractivity contribution is 5.13. The fraction of sp³-hybridized carbons (Fsp3) is 0.611. The monoisotopic (exact) mass is 569 g/mol. The highest BCUT2D eigenvalue weighted by Gasteiger charge is 2.06. The first-order valence-electron chi connectivity index (χ1n) is 14.8. The van der Waals surface area contributed by atoms with E-state index >= 15 is 0 Å². The average molecular weight is 570 g/mol. The summed E-state index contributed by atoms with van der Waals surface area (Å²) in [6.07, 6.45) is 17.0. The summed E-state index contributed by atoms with van der Waals surface area (Å²) in [6.45, 7) is 19.7. The van der Waals surface area contributed by atoms with Crippen LogP contribution in [0.3, 0.4) is 0 Å². The minimum absolute atomic E-state index is 0. The molecule has 2 aliphatic rings. The van der Waals surface area contributed by atoms with E-state index in [1.54, 1.807) is 53.4 Å². The zero-order valence-electron chi connectivity index (χ0n) is 26.2. The maximum absolute atomic E-state index is 11.0. The van der Waals surface area contributed by atoms with Crippen LogP contribution in [-0.4, -0.2) is 22.2 Å². The van der Waals surface area contributed by atoms with Crippen LogP contribution in [-0.2, 0) is 7.05 Å². The predicted molar refractivity (Wildman–Crippen MR) is 182 cm³/mol. The van der Waals surface area contributed by atoms with Crippen molar-refractivity contribution in [3.05, 3.63) is 92.3 Å². The molecule has 2 aromatic heterocycles. The Morgan fingerprint density at radius 2 is 1.32 bits per heavy atom. The lowest BCUT2D eigenvalue weighted by Gasteiger charge is -2.16. The van der Waals surface area contributed by atoms with Gasteiger partial charge in [-0.15, -0.1) is 0 Å². The number of allylic oxidation sites excluding steroid dienone is 2. The van der Waals surface area contributed by atoms with Crippen LogP contribution in [0, 0.1) is 11.8 Å². The summed E-state index contributed by atoms with van der Waals surface area (Å²) in [7, 11) is 1.77. The molecule has 0 aromatic carbocycles. The lowest BCUT2D eigenvalue weighted by molar-refractivity contribution is 0.595. The number of hydrogen-bond acceptors (Lipinski definition) is 3. The van der Waals surface area contributed by atoms with Crippen molar-refractivity contribution in [2.24, 2.45) is 18.9 Å². The normalized spacial score (nSPS) is 14.2. The number of nitrogens with zero attached hydrogens (tertiary/aromatic N) is 2. The van der Waals surface area contributed by atoms with Crippen molar-refractivity contribution in [2.75, 3.05) is 13.1 Å². The van der Waals surface area contributed by atoms with Crippen LogP contribution in [0.4, 0.5) is 0 Å². The molecule has 3 heterocycles. The fourth-order valence-electron chi connectivity index (χ4n) is 4.28. The van der Waals surface area contributed by atoms with Crippen molar-refractivity contribution in [3.63, 3.8) is 0 Å². The lowest BCUT2D eigenvalue weighted by atomic mass is 9.92. The molecular weight excluding hydrogens is 506 g/mol. The maximum Gasteiger partial charge on any atom is 0.250 e. The molecular formula is C36H63N3O2. The smallest absolute Gasteiger partial charge is 0.250 e. The molecule has 0 bridgehead atoms. The fourth-order valence-corrected chi connectivity index (χ4v) is 4.28. The number of aryl methyl sites for hydroxylation is 1. The van der Waals surface area contributed by atoms with Gasteiger partial charge < -0.3 is 14.5 Å².